The minimum Gasteiger partial charge on any atom is -0.390 e. The van der Waals surface area contributed by atoms with Crippen molar-refractivity contribution in [2.45, 2.75) is 67.5 Å². The molecule has 4 unspecified atom stereocenters. The van der Waals surface area contributed by atoms with Crippen LogP contribution in [0.4, 0.5) is 0 Å². The van der Waals surface area contributed by atoms with Gasteiger partial charge in [-0.15, -0.1) is 11.8 Å². The number of carbonyl (C=O) groups is 1. The number of nitrogens with zero attached hydrogens (tertiary/aromatic N) is 1. The zero-order valence-electron chi connectivity index (χ0n) is 17.7. The third-order valence-electron chi connectivity index (χ3n) is 5.61. The van der Waals surface area contributed by atoms with E-state index in [0.717, 1.165) is 17.9 Å². The number of likely N-dealkylation sites (tertiary alicyclic amines) is 1. The summed E-state index contributed by atoms with van der Waals surface area (Å²) in [7, 11) is 0. The number of nitrogens with one attached hydrogen (secondary N) is 1. The highest BCUT2D eigenvalue weighted by Crippen LogP contribution is 2.40. The molecule has 2 fully saturated rings. The number of piperidine rings is 1. The van der Waals surface area contributed by atoms with E-state index in [4.69, 9.17) is 5.73 Å². The van der Waals surface area contributed by atoms with Crippen molar-refractivity contribution in [3.63, 3.8) is 0 Å². The van der Waals surface area contributed by atoms with Crippen LogP contribution in [0.5, 0.6) is 0 Å². The first-order chi connectivity index (χ1) is 13.7. The van der Waals surface area contributed by atoms with Crippen molar-refractivity contribution >= 4 is 29.4 Å². The molecule has 29 heavy (non-hydrogen) atoms. The van der Waals surface area contributed by atoms with Gasteiger partial charge in [-0.05, 0) is 57.4 Å². The number of benzene rings is 1. The maximum Gasteiger partial charge on any atom is 0.237 e. The van der Waals surface area contributed by atoms with Crippen molar-refractivity contribution in [3.05, 3.63) is 30.3 Å². The van der Waals surface area contributed by atoms with Crippen LogP contribution in [0.1, 0.15) is 33.6 Å². The molecule has 0 aliphatic carbocycles. The number of hydrogen-bond acceptors (Lipinski definition) is 6. The Kier molecular flexibility index (Phi) is 7.95. The van der Waals surface area contributed by atoms with Crippen molar-refractivity contribution < 1.29 is 9.90 Å². The topological polar surface area (TPSA) is 78.6 Å². The number of nitrogens with two attached hydrogens (primary N) is 1. The molecule has 5 nitrogen and oxygen atoms in total. The number of aliphatic hydroxyl groups is 1. The van der Waals surface area contributed by atoms with Crippen LogP contribution >= 0.6 is 23.5 Å². The first-order valence-electron chi connectivity index (χ1n) is 10.5. The molecule has 3 rings (SSSR count). The summed E-state index contributed by atoms with van der Waals surface area (Å²) in [5.41, 5.74) is 6.05. The molecule has 2 aliphatic rings. The Labute approximate surface area is 183 Å². The quantitative estimate of drug-likeness (QED) is 0.569. The predicted octanol–water partition coefficient (Wildman–Crippen LogP) is 2.58. The van der Waals surface area contributed by atoms with Crippen molar-refractivity contribution in [2.75, 3.05) is 24.6 Å². The van der Waals surface area contributed by atoms with Gasteiger partial charge in [-0.2, -0.15) is 11.8 Å². The second-order valence-electron chi connectivity index (χ2n) is 9.26. The Balaban J connectivity index is 1.60. The molecule has 1 aromatic rings. The molecular formula is C22H35N3O2S2. The molecule has 0 spiro atoms. The minimum atomic E-state index is -0.651. The van der Waals surface area contributed by atoms with Gasteiger partial charge in [0.1, 0.15) is 0 Å². The zero-order valence-corrected chi connectivity index (χ0v) is 19.3. The van der Waals surface area contributed by atoms with Gasteiger partial charge in [0.2, 0.25) is 5.91 Å². The second kappa shape index (κ2) is 10.1. The lowest BCUT2D eigenvalue weighted by Crippen LogP contribution is -2.59. The van der Waals surface area contributed by atoms with E-state index in [1.54, 1.807) is 11.8 Å². The Morgan fingerprint density at radius 3 is 2.79 bits per heavy atom. The highest BCUT2D eigenvalue weighted by molar-refractivity contribution is 8.00. The molecule has 0 aromatic heterocycles. The first-order valence-corrected chi connectivity index (χ1v) is 12.6. The van der Waals surface area contributed by atoms with E-state index in [1.807, 2.05) is 50.7 Å². The van der Waals surface area contributed by atoms with Crippen LogP contribution in [0.25, 0.3) is 0 Å². The van der Waals surface area contributed by atoms with Crippen LogP contribution in [0.3, 0.4) is 0 Å². The van der Waals surface area contributed by atoms with Gasteiger partial charge >= 0.3 is 0 Å². The van der Waals surface area contributed by atoms with Gasteiger partial charge in [0, 0.05) is 40.6 Å². The maximum absolute atomic E-state index is 13.0. The lowest BCUT2D eigenvalue weighted by Gasteiger charge is -2.42. The third-order valence-corrected chi connectivity index (χ3v) is 8.25. The lowest BCUT2D eigenvalue weighted by molar-refractivity contribution is -0.130. The summed E-state index contributed by atoms with van der Waals surface area (Å²) in [6, 6.07) is 9.59. The number of rotatable bonds is 7. The van der Waals surface area contributed by atoms with Crippen molar-refractivity contribution in [3.8, 4) is 0 Å². The lowest BCUT2D eigenvalue weighted by atomic mass is 9.89. The van der Waals surface area contributed by atoms with Crippen LogP contribution in [0.2, 0.25) is 0 Å². The van der Waals surface area contributed by atoms with Gasteiger partial charge in [-0.3, -0.25) is 9.69 Å². The van der Waals surface area contributed by atoms with Crippen molar-refractivity contribution in [1.82, 2.24) is 10.2 Å². The van der Waals surface area contributed by atoms with Crippen molar-refractivity contribution in [1.29, 1.82) is 0 Å². The Bertz CT molecular complexity index is 668. The standard InChI is InChI=1S/C22H35N3O2S2/c1-22(2,3)24-21(27)18-11-20-15(9-10-28-20)12-25(18)13-19(26)17(23)14-29-16-7-5-4-6-8-16/h4-8,15,17-20,26H,9-14,23H2,1-3H3,(H,24,27)/t15?,17?,18-,19?,20?/m0/s1. The largest absolute Gasteiger partial charge is 0.390 e. The summed E-state index contributed by atoms with van der Waals surface area (Å²) in [6.07, 6.45) is 1.41. The van der Waals surface area contributed by atoms with Gasteiger partial charge in [0.15, 0.2) is 0 Å². The molecule has 4 N–H and O–H groups in total. The number of carbonyl (C=O) groups excluding carboxylic acids is 1. The van der Waals surface area contributed by atoms with Crippen LogP contribution in [0, 0.1) is 5.92 Å². The zero-order chi connectivity index (χ0) is 21.0. The Morgan fingerprint density at radius 2 is 2.10 bits per heavy atom. The number of β-amino-alcohol motifs (C(OH)–C–C–N with tert-alkyl or cyclic N) is 1. The highest BCUT2D eigenvalue weighted by atomic mass is 32.2. The van der Waals surface area contributed by atoms with Gasteiger partial charge in [-0.25, -0.2) is 0 Å². The molecule has 2 heterocycles. The average Bonchev–Trinajstić information content (AvgIpc) is 3.12. The molecule has 162 valence electrons. The SMILES string of the molecule is CC(C)(C)NC(=O)[C@@H]1CC2SCCC2CN1CC(O)C(N)CSc1ccccc1. The van der Waals surface area contributed by atoms with E-state index in [9.17, 15) is 9.90 Å². The Hall–Kier alpha value is -0.730. The molecular weight excluding hydrogens is 402 g/mol. The molecule has 2 aliphatic heterocycles. The molecule has 1 aromatic carbocycles. The molecule has 0 bridgehead atoms. The average molecular weight is 438 g/mol. The van der Waals surface area contributed by atoms with E-state index >= 15 is 0 Å². The summed E-state index contributed by atoms with van der Waals surface area (Å²) in [6.45, 7) is 7.35. The maximum atomic E-state index is 13.0. The molecule has 0 radical (unpaired) electrons. The van der Waals surface area contributed by atoms with Crippen LogP contribution in [-0.4, -0.2) is 69.5 Å². The van der Waals surface area contributed by atoms with Gasteiger partial charge in [0.25, 0.3) is 0 Å². The second-order valence-corrected chi connectivity index (χ2v) is 11.7. The van der Waals surface area contributed by atoms with Crippen LogP contribution < -0.4 is 11.1 Å². The summed E-state index contributed by atoms with van der Waals surface area (Å²) in [5, 5.41) is 14.5. The fourth-order valence-electron chi connectivity index (χ4n) is 4.08. The molecule has 5 atom stereocenters. The Morgan fingerprint density at radius 1 is 1.38 bits per heavy atom. The van der Waals surface area contributed by atoms with E-state index in [1.165, 1.54) is 12.2 Å². The molecule has 2 saturated heterocycles. The highest BCUT2D eigenvalue weighted by Gasteiger charge is 2.42. The third kappa shape index (κ3) is 6.62. The van der Waals surface area contributed by atoms with Crippen LogP contribution in [0.15, 0.2) is 35.2 Å². The number of amides is 1. The normalized spacial score (nSPS) is 27.3. The predicted molar refractivity (Wildman–Crippen MR) is 123 cm³/mol. The van der Waals surface area contributed by atoms with E-state index in [0.29, 0.717) is 23.5 Å². The summed E-state index contributed by atoms with van der Waals surface area (Å²) in [5.74, 6) is 2.51. The smallest absolute Gasteiger partial charge is 0.237 e. The number of fused-ring (bicyclic) bond motifs is 1. The van der Waals surface area contributed by atoms with Gasteiger partial charge < -0.3 is 16.2 Å². The van der Waals surface area contributed by atoms with Crippen LogP contribution in [-0.2, 0) is 4.79 Å². The van der Waals surface area contributed by atoms with E-state index in [-0.39, 0.29) is 23.5 Å². The fourth-order valence-corrected chi connectivity index (χ4v) is 6.59. The first kappa shape index (κ1) is 22.9. The summed E-state index contributed by atoms with van der Waals surface area (Å²) < 4.78 is 0. The monoisotopic (exact) mass is 437 g/mol. The van der Waals surface area contributed by atoms with Gasteiger partial charge in [0.05, 0.1) is 12.1 Å². The molecule has 0 saturated carbocycles. The van der Waals surface area contributed by atoms with E-state index < -0.39 is 6.10 Å². The minimum absolute atomic E-state index is 0.0721. The van der Waals surface area contributed by atoms with E-state index in [2.05, 4.69) is 22.3 Å². The number of aliphatic hydroxyl groups excluding tert-OH is 1. The molecule has 1 amide bonds. The summed E-state index contributed by atoms with van der Waals surface area (Å²) >= 11 is 3.66. The summed E-state index contributed by atoms with van der Waals surface area (Å²) in [4.78, 5) is 16.3. The fraction of sp³-hybridized carbons (Fsp3) is 0.682. The van der Waals surface area contributed by atoms with Crippen molar-refractivity contribution in [2.24, 2.45) is 11.7 Å². The molecule has 7 heteroatoms. The van der Waals surface area contributed by atoms with Gasteiger partial charge in [-0.1, -0.05) is 18.2 Å². The number of hydrogen-bond donors (Lipinski definition) is 3. The number of thioether (sulfide) groups is 2.